The number of nitrogens with zero attached hydrogens (tertiary/aromatic N) is 2. The van der Waals surface area contributed by atoms with Crippen molar-refractivity contribution >= 4 is 11.8 Å². The highest BCUT2D eigenvalue weighted by molar-refractivity contribution is 5.85. The average molecular weight is 428 g/mol. The molecule has 31 heavy (non-hydrogen) atoms. The second-order valence-electron chi connectivity index (χ2n) is 6.97. The Morgan fingerprint density at radius 1 is 1.00 bits per heavy atom. The highest BCUT2D eigenvalue weighted by atomic mass is 19.1. The van der Waals surface area contributed by atoms with E-state index < -0.39 is 23.7 Å². The van der Waals surface area contributed by atoms with Crippen LogP contribution in [0.3, 0.4) is 0 Å². The molecule has 0 aliphatic carbocycles. The van der Waals surface area contributed by atoms with E-state index in [0.29, 0.717) is 22.7 Å². The monoisotopic (exact) mass is 428 g/mol. The molecule has 1 unspecified atom stereocenters. The normalized spacial score (nSPS) is 11.6. The molecular weight excluding hydrogens is 406 g/mol. The predicted molar refractivity (Wildman–Crippen MR) is 109 cm³/mol. The van der Waals surface area contributed by atoms with Crippen LogP contribution in [0, 0.1) is 25.5 Å². The Hall–Kier alpha value is -3.75. The molecule has 1 heterocycles. The van der Waals surface area contributed by atoms with Gasteiger partial charge in [-0.2, -0.15) is 5.10 Å². The zero-order chi connectivity index (χ0) is 22.5. The van der Waals surface area contributed by atoms with Gasteiger partial charge in [-0.05, 0) is 69.3 Å². The molecular formula is C22H22F2N4O3. The molecule has 2 N–H and O–H groups in total. The van der Waals surface area contributed by atoms with E-state index >= 15 is 0 Å². The van der Waals surface area contributed by atoms with Crippen molar-refractivity contribution < 1.29 is 23.1 Å². The molecule has 0 aliphatic rings. The fraction of sp³-hybridized carbons (Fsp3) is 0.227. The van der Waals surface area contributed by atoms with E-state index in [-0.39, 0.29) is 12.2 Å². The number of nitrogens with one attached hydrogen (secondary N) is 2. The summed E-state index contributed by atoms with van der Waals surface area (Å²) in [7, 11) is 0. The molecule has 9 heteroatoms. The average Bonchev–Trinajstić information content (AvgIpc) is 3.02. The van der Waals surface area contributed by atoms with Crippen molar-refractivity contribution in [3.05, 3.63) is 77.1 Å². The van der Waals surface area contributed by atoms with Crippen LogP contribution in [-0.2, 0) is 16.0 Å². The fourth-order valence-electron chi connectivity index (χ4n) is 2.97. The quantitative estimate of drug-likeness (QED) is 0.592. The molecule has 3 rings (SSSR count). The molecule has 0 fully saturated rings. The van der Waals surface area contributed by atoms with Gasteiger partial charge in [0.25, 0.3) is 5.91 Å². The molecule has 0 spiro atoms. The number of amides is 2. The summed E-state index contributed by atoms with van der Waals surface area (Å²) in [6.07, 6.45) is -0.915. The van der Waals surface area contributed by atoms with Gasteiger partial charge in [0.1, 0.15) is 17.4 Å². The third-order valence-electron chi connectivity index (χ3n) is 4.67. The van der Waals surface area contributed by atoms with Gasteiger partial charge in [0.2, 0.25) is 5.91 Å². The molecule has 7 nitrogen and oxygen atoms in total. The first-order chi connectivity index (χ1) is 14.7. The molecule has 2 amide bonds. The molecule has 162 valence electrons. The number of hydrogen-bond donors (Lipinski definition) is 2. The first kappa shape index (κ1) is 21.9. The molecule has 3 aromatic rings. The van der Waals surface area contributed by atoms with Crippen LogP contribution in [0.25, 0.3) is 5.69 Å². The summed E-state index contributed by atoms with van der Waals surface area (Å²) in [5.74, 6) is -1.43. The van der Waals surface area contributed by atoms with Crippen molar-refractivity contribution in [2.24, 2.45) is 0 Å². The van der Waals surface area contributed by atoms with Gasteiger partial charge in [-0.3, -0.25) is 20.4 Å². The first-order valence-electron chi connectivity index (χ1n) is 9.56. The number of carbonyl (C=O) groups is 2. The number of benzene rings is 2. The Morgan fingerprint density at radius 3 is 2.19 bits per heavy atom. The summed E-state index contributed by atoms with van der Waals surface area (Å²) in [5.41, 5.74) is 7.42. The van der Waals surface area contributed by atoms with Crippen molar-refractivity contribution in [3.63, 3.8) is 0 Å². The maximum Gasteiger partial charge on any atom is 0.279 e. The third kappa shape index (κ3) is 5.44. The maximum absolute atomic E-state index is 13.2. The number of hydrogen-bond acceptors (Lipinski definition) is 4. The van der Waals surface area contributed by atoms with E-state index in [1.807, 2.05) is 6.92 Å². The Kier molecular flexibility index (Phi) is 6.64. The lowest BCUT2D eigenvalue weighted by Crippen LogP contribution is -2.47. The SMILES string of the molecule is Cc1nn(-c2ccc(F)cc2)c(C)c1CC(=O)NNC(=O)C(C)Oc1ccc(F)cc1. The molecule has 0 saturated heterocycles. The highest BCUT2D eigenvalue weighted by Crippen LogP contribution is 2.19. The zero-order valence-electron chi connectivity index (χ0n) is 17.3. The number of rotatable bonds is 6. The van der Waals surface area contributed by atoms with Gasteiger partial charge in [0, 0.05) is 11.3 Å². The molecule has 1 atom stereocenters. The van der Waals surface area contributed by atoms with Gasteiger partial charge in [0.15, 0.2) is 6.10 Å². The lowest BCUT2D eigenvalue weighted by atomic mass is 10.1. The van der Waals surface area contributed by atoms with Crippen LogP contribution in [0.15, 0.2) is 48.5 Å². The lowest BCUT2D eigenvalue weighted by Gasteiger charge is -2.15. The summed E-state index contributed by atoms with van der Waals surface area (Å²) in [4.78, 5) is 24.5. The summed E-state index contributed by atoms with van der Waals surface area (Å²) >= 11 is 0. The van der Waals surface area contributed by atoms with Gasteiger partial charge < -0.3 is 4.74 Å². The van der Waals surface area contributed by atoms with Crippen LogP contribution in [0.2, 0.25) is 0 Å². The second-order valence-corrected chi connectivity index (χ2v) is 6.97. The highest BCUT2D eigenvalue weighted by Gasteiger charge is 2.18. The molecule has 1 aromatic heterocycles. The fourth-order valence-corrected chi connectivity index (χ4v) is 2.97. The van der Waals surface area contributed by atoms with Crippen LogP contribution in [0.5, 0.6) is 5.75 Å². The molecule has 0 bridgehead atoms. The molecule has 0 aliphatic heterocycles. The number of ether oxygens (including phenoxy) is 1. The summed E-state index contributed by atoms with van der Waals surface area (Å²) in [5, 5.41) is 4.42. The van der Waals surface area contributed by atoms with Crippen LogP contribution in [0.4, 0.5) is 8.78 Å². The van der Waals surface area contributed by atoms with Crippen LogP contribution in [-0.4, -0.2) is 27.7 Å². The van der Waals surface area contributed by atoms with E-state index in [1.165, 1.54) is 43.3 Å². The van der Waals surface area contributed by atoms with E-state index in [1.54, 1.807) is 23.7 Å². The van der Waals surface area contributed by atoms with Gasteiger partial charge in [-0.15, -0.1) is 0 Å². The Labute approximate surface area is 178 Å². The topological polar surface area (TPSA) is 85.3 Å². The smallest absolute Gasteiger partial charge is 0.279 e. The van der Waals surface area contributed by atoms with Crippen molar-refractivity contribution in [1.29, 1.82) is 0 Å². The Bertz CT molecular complexity index is 1080. The summed E-state index contributed by atoms with van der Waals surface area (Å²) in [6, 6.07) is 11.1. The van der Waals surface area contributed by atoms with Crippen molar-refractivity contribution in [2.45, 2.75) is 33.3 Å². The standard InChI is InChI=1S/C22H22F2N4O3/c1-13-20(14(2)28(27-13)18-8-4-16(23)5-9-18)12-21(29)25-26-22(30)15(3)31-19-10-6-17(24)7-11-19/h4-11,15H,12H2,1-3H3,(H,25,29)(H,26,30). The zero-order valence-corrected chi connectivity index (χ0v) is 17.3. The third-order valence-corrected chi connectivity index (χ3v) is 4.67. The number of halogens is 2. The van der Waals surface area contributed by atoms with Gasteiger partial charge in [-0.1, -0.05) is 0 Å². The van der Waals surface area contributed by atoms with Crippen LogP contribution >= 0.6 is 0 Å². The second kappa shape index (κ2) is 9.38. The largest absolute Gasteiger partial charge is 0.481 e. The minimum absolute atomic E-state index is 0.00760. The minimum Gasteiger partial charge on any atom is -0.481 e. The molecule has 2 aromatic carbocycles. The first-order valence-corrected chi connectivity index (χ1v) is 9.56. The Morgan fingerprint density at radius 2 is 1.58 bits per heavy atom. The van der Waals surface area contributed by atoms with Gasteiger partial charge in [-0.25, -0.2) is 13.5 Å². The summed E-state index contributed by atoms with van der Waals surface area (Å²) < 4.78 is 33.1. The van der Waals surface area contributed by atoms with Crippen LogP contribution in [0.1, 0.15) is 23.9 Å². The van der Waals surface area contributed by atoms with E-state index in [0.717, 1.165) is 5.69 Å². The number of hydrazine groups is 1. The Balaban J connectivity index is 1.57. The van der Waals surface area contributed by atoms with Gasteiger partial charge in [0.05, 0.1) is 17.8 Å². The van der Waals surface area contributed by atoms with Crippen molar-refractivity contribution in [1.82, 2.24) is 20.6 Å². The van der Waals surface area contributed by atoms with E-state index in [9.17, 15) is 18.4 Å². The van der Waals surface area contributed by atoms with Gasteiger partial charge >= 0.3 is 0 Å². The van der Waals surface area contributed by atoms with E-state index in [4.69, 9.17) is 4.74 Å². The van der Waals surface area contributed by atoms with Crippen molar-refractivity contribution in [2.75, 3.05) is 0 Å². The molecule has 0 saturated carbocycles. The minimum atomic E-state index is -0.907. The maximum atomic E-state index is 13.2. The predicted octanol–water partition coefficient (Wildman–Crippen LogP) is 2.92. The number of carbonyl (C=O) groups excluding carboxylic acids is 2. The van der Waals surface area contributed by atoms with Crippen LogP contribution < -0.4 is 15.6 Å². The lowest BCUT2D eigenvalue weighted by molar-refractivity contribution is -0.132. The van der Waals surface area contributed by atoms with E-state index in [2.05, 4.69) is 16.0 Å². The number of aromatic nitrogens is 2. The number of aryl methyl sites for hydroxylation is 1. The summed E-state index contributed by atoms with van der Waals surface area (Å²) in [6.45, 7) is 5.09. The van der Waals surface area contributed by atoms with Crippen molar-refractivity contribution in [3.8, 4) is 11.4 Å². The molecule has 0 radical (unpaired) electrons.